The van der Waals surface area contributed by atoms with E-state index in [9.17, 15) is 4.79 Å². The first-order valence-corrected chi connectivity index (χ1v) is 6.49. The summed E-state index contributed by atoms with van der Waals surface area (Å²) in [5.74, 6) is 0. The molecule has 0 atom stereocenters. The first-order valence-electron chi connectivity index (χ1n) is 6.49. The minimum Gasteiger partial charge on any atom is -0.443 e. The Labute approximate surface area is 114 Å². The van der Waals surface area contributed by atoms with Crippen molar-refractivity contribution in [3.05, 3.63) is 35.8 Å². The van der Waals surface area contributed by atoms with Crippen LogP contribution in [0.2, 0.25) is 0 Å². The van der Waals surface area contributed by atoms with Crippen LogP contribution in [0.15, 0.2) is 24.4 Å². The highest BCUT2D eigenvalue weighted by Crippen LogP contribution is 2.25. The van der Waals surface area contributed by atoms with Crippen molar-refractivity contribution in [2.45, 2.75) is 39.7 Å². The second-order valence-electron chi connectivity index (χ2n) is 5.74. The van der Waals surface area contributed by atoms with Crippen molar-refractivity contribution >= 4 is 11.7 Å². The van der Waals surface area contributed by atoms with Crippen molar-refractivity contribution in [3.8, 4) is 0 Å². The number of ether oxygens (including phenoxy) is 1. The van der Waals surface area contributed by atoms with Crippen molar-refractivity contribution < 1.29 is 9.53 Å². The maximum Gasteiger partial charge on any atom is 0.414 e. The van der Waals surface area contributed by atoms with E-state index in [2.05, 4.69) is 4.98 Å². The maximum atomic E-state index is 11.9. The number of amides is 1. The van der Waals surface area contributed by atoms with E-state index in [0.29, 0.717) is 6.54 Å². The molecule has 4 heteroatoms. The Morgan fingerprint density at radius 2 is 2.11 bits per heavy atom. The molecule has 0 unspecified atom stereocenters. The average molecular weight is 260 g/mol. The average Bonchev–Trinajstić information content (AvgIpc) is 2.75. The largest absolute Gasteiger partial charge is 0.443 e. The van der Waals surface area contributed by atoms with Gasteiger partial charge in [-0.15, -0.1) is 0 Å². The Morgan fingerprint density at radius 3 is 2.74 bits per heavy atom. The molecule has 19 heavy (non-hydrogen) atoms. The predicted molar refractivity (Wildman–Crippen MR) is 74.5 cm³/mol. The lowest BCUT2D eigenvalue weighted by atomic mass is 10.1. The van der Waals surface area contributed by atoms with E-state index in [1.165, 1.54) is 0 Å². The lowest BCUT2D eigenvalue weighted by molar-refractivity contribution is 0.0349. The van der Waals surface area contributed by atoms with Gasteiger partial charge in [-0.05, 0) is 51.8 Å². The zero-order valence-corrected chi connectivity index (χ0v) is 11.9. The molecule has 0 aromatic carbocycles. The Balaban J connectivity index is 2.11. The highest BCUT2D eigenvalue weighted by Gasteiger charge is 2.25. The van der Waals surface area contributed by atoms with Gasteiger partial charge >= 0.3 is 6.09 Å². The van der Waals surface area contributed by atoms with Crippen LogP contribution in [-0.2, 0) is 4.74 Å². The van der Waals surface area contributed by atoms with Crippen LogP contribution in [0.3, 0.4) is 0 Å². The lowest BCUT2D eigenvalue weighted by Crippen LogP contribution is -2.32. The third-order valence-electron chi connectivity index (χ3n) is 2.78. The number of rotatable bonds is 1. The minimum absolute atomic E-state index is 0.296. The van der Waals surface area contributed by atoms with Gasteiger partial charge in [0, 0.05) is 18.4 Å². The van der Waals surface area contributed by atoms with Crippen LogP contribution in [0.1, 0.15) is 38.6 Å². The van der Waals surface area contributed by atoms with Crippen LogP contribution in [-0.4, -0.2) is 28.1 Å². The van der Waals surface area contributed by atoms with Crippen molar-refractivity contribution in [2.75, 3.05) is 6.54 Å². The molecule has 1 aromatic rings. The number of aryl methyl sites for hydroxylation is 1. The molecule has 0 saturated carbocycles. The SMILES string of the molecule is Cc1cccc(C2=CN(C(=O)OC(C)(C)C)CC2)n1. The number of carbonyl (C=O) groups excluding carboxylic acids is 1. The molecule has 1 amide bonds. The number of carbonyl (C=O) groups is 1. The van der Waals surface area contributed by atoms with Crippen molar-refractivity contribution in [2.24, 2.45) is 0 Å². The van der Waals surface area contributed by atoms with E-state index in [4.69, 9.17) is 4.74 Å². The summed E-state index contributed by atoms with van der Waals surface area (Å²) in [5, 5.41) is 0. The van der Waals surface area contributed by atoms with Crippen LogP contribution in [0, 0.1) is 6.92 Å². The molecule has 0 radical (unpaired) electrons. The number of nitrogens with zero attached hydrogens (tertiary/aromatic N) is 2. The highest BCUT2D eigenvalue weighted by atomic mass is 16.6. The molecule has 1 aliphatic heterocycles. The van der Waals surface area contributed by atoms with Crippen molar-refractivity contribution in [1.82, 2.24) is 9.88 Å². The smallest absolute Gasteiger partial charge is 0.414 e. The van der Waals surface area contributed by atoms with Crippen LogP contribution >= 0.6 is 0 Å². The molecule has 0 bridgehead atoms. The Morgan fingerprint density at radius 1 is 1.37 bits per heavy atom. The number of hydrogen-bond donors (Lipinski definition) is 0. The third-order valence-corrected chi connectivity index (χ3v) is 2.78. The van der Waals surface area contributed by atoms with Gasteiger partial charge < -0.3 is 4.74 Å². The summed E-state index contributed by atoms with van der Waals surface area (Å²) in [4.78, 5) is 18.0. The fourth-order valence-electron chi connectivity index (χ4n) is 1.94. The van der Waals surface area contributed by atoms with Crippen LogP contribution in [0.5, 0.6) is 0 Å². The van der Waals surface area contributed by atoms with E-state index in [1.54, 1.807) is 4.90 Å². The molecular formula is C15H20N2O2. The van der Waals surface area contributed by atoms with Gasteiger partial charge in [0.1, 0.15) is 5.60 Å². The topological polar surface area (TPSA) is 42.4 Å². The first-order chi connectivity index (χ1) is 8.85. The molecule has 0 aliphatic carbocycles. The molecule has 1 aromatic heterocycles. The Bertz CT molecular complexity index is 515. The van der Waals surface area contributed by atoms with Gasteiger partial charge in [-0.25, -0.2) is 4.79 Å². The molecule has 0 fully saturated rings. The molecule has 0 spiro atoms. The van der Waals surface area contributed by atoms with E-state index in [1.807, 2.05) is 52.1 Å². The van der Waals surface area contributed by atoms with E-state index in [-0.39, 0.29) is 6.09 Å². The van der Waals surface area contributed by atoms with E-state index >= 15 is 0 Å². The molecule has 2 heterocycles. The lowest BCUT2D eigenvalue weighted by Gasteiger charge is -2.23. The first kappa shape index (κ1) is 13.6. The second kappa shape index (κ2) is 5.03. The Hall–Kier alpha value is -1.84. The standard InChI is InChI=1S/C15H20N2O2/c1-11-6-5-7-13(16-11)12-8-9-17(10-12)14(18)19-15(2,3)4/h5-7,10H,8-9H2,1-4H3. The number of aromatic nitrogens is 1. The van der Waals surface area contributed by atoms with Crippen LogP contribution in [0.25, 0.3) is 5.57 Å². The van der Waals surface area contributed by atoms with Gasteiger partial charge in [-0.2, -0.15) is 0 Å². The van der Waals surface area contributed by atoms with Gasteiger partial charge in [-0.1, -0.05) is 6.07 Å². The summed E-state index contributed by atoms with van der Waals surface area (Å²) in [5.41, 5.74) is 2.53. The monoisotopic (exact) mass is 260 g/mol. The van der Waals surface area contributed by atoms with Gasteiger partial charge in [0.15, 0.2) is 0 Å². The highest BCUT2D eigenvalue weighted by molar-refractivity contribution is 5.75. The van der Waals surface area contributed by atoms with Gasteiger partial charge in [0.25, 0.3) is 0 Å². The summed E-state index contributed by atoms with van der Waals surface area (Å²) in [7, 11) is 0. The van der Waals surface area contributed by atoms with Crippen molar-refractivity contribution in [1.29, 1.82) is 0 Å². The van der Waals surface area contributed by atoms with Crippen LogP contribution in [0.4, 0.5) is 4.79 Å². The fourth-order valence-corrected chi connectivity index (χ4v) is 1.94. The summed E-state index contributed by atoms with van der Waals surface area (Å²) < 4.78 is 5.35. The third kappa shape index (κ3) is 3.56. The zero-order chi connectivity index (χ0) is 14.0. The Kier molecular flexibility index (Phi) is 3.60. The minimum atomic E-state index is -0.463. The molecule has 0 N–H and O–H groups in total. The molecule has 102 valence electrons. The zero-order valence-electron chi connectivity index (χ0n) is 11.9. The molecule has 0 saturated heterocycles. The van der Waals surface area contributed by atoms with E-state index < -0.39 is 5.60 Å². The van der Waals surface area contributed by atoms with E-state index in [0.717, 1.165) is 23.4 Å². The summed E-state index contributed by atoms with van der Waals surface area (Å²) in [6.45, 7) is 8.22. The van der Waals surface area contributed by atoms with Crippen molar-refractivity contribution in [3.63, 3.8) is 0 Å². The maximum absolute atomic E-state index is 11.9. The van der Waals surface area contributed by atoms with Gasteiger partial charge in [0.05, 0.1) is 5.69 Å². The summed E-state index contributed by atoms with van der Waals surface area (Å²) in [6, 6.07) is 5.91. The molecular weight excluding hydrogens is 240 g/mol. The van der Waals surface area contributed by atoms with Gasteiger partial charge in [0.2, 0.25) is 0 Å². The second-order valence-corrected chi connectivity index (χ2v) is 5.74. The molecule has 1 aliphatic rings. The summed E-state index contributed by atoms with van der Waals surface area (Å²) >= 11 is 0. The number of pyridine rings is 1. The number of hydrogen-bond acceptors (Lipinski definition) is 3. The molecule has 4 nitrogen and oxygen atoms in total. The summed E-state index contributed by atoms with van der Waals surface area (Å²) in [6.07, 6.45) is 2.36. The van der Waals surface area contributed by atoms with Gasteiger partial charge in [-0.3, -0.25) is 9.88 Å². The predicted octanol–water partition coefficient (Wildman–Crippen LogP) is 3.37. The van der Waals surface area contributed by atoms with Crippen LogP contribution < -0.4 is 0 Å². The normalized spacial score (nSPS) is 15.4. The fraction of sp³-hybridized carbons (Fsp3) is 0.467. The molecule has 2 rings (SSSR count). The quantitative estimate of drug-likeness (QED) is 0.777.